The highest BCUT2D eigenvalue weighted by molar-refractivity contribution is 5.77. The van der Waals surface area contributed by atoms with Gasteiger partial charge in [-0.2, -0.15) is 0 Å². The van der Waals surface area contributed by atoms with Crippen molar-refractivity contribution >= 4 is 11.9 Å². The number of rotatable bonds is 2. The van der Waals surface area contributed by atoms with E-state index in [0.29, 0.717) is 5.92 Å². The Kier molecular flexibility index (Phi) is 3.41. The molecule has 3 rings (SSSR count). The summed E-state index contributed by atoms with van der Waals surface area (Å²) in [4.78, 5) is 4.47. The van der Waals surface area contributed by atoms with Gasteiger partial charge in [0.1, 0.15) is 0 Å². The molecule has 0 spiro atoms. The normalized spacial score (nSPS) is 21.0. The number of para-hydroxylation sites is 1. The standard InChI is InChI=1S/C18H19NO/c1-12(2)13-7-9-14(10-8-13)16-11-19-17-6-4-3-5-15(17)18(16)20/h3-12,16,18,20H,1-2H3. The Labute approximate surface area is 119 Å². The van der Waals surface area contributed by atoms with E-state index in [4.69, 9.17) is 0 Å². The summed E-state index contributed by atoms with van der Waals surface area (Å²) >= 11 is 0. The zero-order valence-corrected chi connectivity index (χ0v) is 11.8. The van der Waals surface area contributed by atoms with E-state index < -0.39 is 6.10 Å². The van der Waals surface area contributed by atoms with Gasteiger partial charge in [0.15, 0.2) is 0 Å². The summed E-state index contributed by atoms with van der Waals surface area (Å²) in [6.45, 7) is 4.37. The summed E-state index contributed by atoms with van der Waals surface area (Å²) in [6.07, 6.45) is 1.34. The van der Waals surface area contributed by atoms with Crippen LogP contribution in [0, 0.1) is 0 Å². The van der Waals surface area contributed by atoms with Gasteiger partial charge in [0.05, 0.1) is 11.8 Å². The lowest BCUT2D eigenvalue weighted by molar-refractivity contribution is 0.168. The Bertz CT molecular complexity index is 628. The van der Waals surface area contributed by atoms with Gasteiger partial charge in [-0.3, -0.25) is 4.99 Å². The maximum atomic E-state index is 10.6. The Hall–Kier alpha value is -1.93. The minimum Gasteiger partial charge on any atom is -0.387 e. The van der Waals surface area contributed by atoms with Crippen LogP contribution in [0.3, 0.4) is 0 Å². The average molecular weight is 265 g/mol. The molecular formula is C18H19NO. The summed E-state index contributed by atoms with van der Waals surface area (Å²) in [7, 11) is 0. The average Bonchev–Trinajstić information content (AvgIpc) is 2.48. The van der Waals surface area contributed by atoms with E-state index in [1.807, 2.05) is 30.5 Å². The van der Waals surface area contributed by atoms with Crippen LogP contribution in [0.15, 0.2) is 53.5 Å². The fraction of sp³-hybridized carbons (Fsp3) is 0.278. The van der Waals surface area contributed by atoms with Crippen molar-refractivity contribution in [2.75, 3.05) is 0 Å². The van der Waals surface area contributed by atoms with Crippen LogP contribution in [0.5, 0.6) is 0 Å². The zero-order valence-electron chi connectivity index (χ0n) is 11.8. The van der Waals surface area contributed by atoms with Gasteiger partial charge in [0, 0.05) is 17.7 Å². The van der Waals surface area contributed by atoms with Crippen molar-refractivity contribution in [3.05, 3.63) is 65.2 Å². The van der Waals surface area contributed by atoms with E-state index >= 15 is 0 Å². The third-order valence-electron chi connectivity index (χ3n) is 3.96. The first-order valence-corrected chi connectivity index (χ1v) is 7.08. The second kappa shape index (κ2) is 5.22. The van der Waals surface area contributed by atoms with E-state index in [-0.39, 0.29) is 5.92 Å². The Balaban J connectivity index is 1.93. The molecular weight excluding hydrogens is 246 g/mol. The van der Waals surface area contributed by atoms with Crippen molar-refractivity contribution < 1.29 is 5.11 Å². The molecule has 0 amide bonds. The molecule has 0 aliphatic carbocycles. The van der Waals surface area contributed by atoms with Gasteiger partial charge in [-0.15, -0.1) is 0 Å². The van der Waals surface area contributed by atoms with Crippen molar-refractivity contribution in [2.24, 2.45) is 4.99 Å². The van der Waals surface area contributed by atoms with Crippen LogP contribution >= 0.6 is 0 Å². The third kappa shape index (κ3) is 2.27. The molecule has 2 unspecified atom stereocenters. The number of hydrogen-bond donors (Lipinski definition) is 1. The number of nitrogens with zero attached hydrogens (tertiary/aromatic N) is 1. The minimum absolute atomic E-state index is 0.0638. The van der Waals surface area contributed by atoms with E-state index in [1.165, 1.54) is 5.56 Å². The van der Waals surface area contributed by atoms with Gasteiger partial charge in [-0.25, -0.2) is 0 Å². The van der Waals surface area contributed by atoms with Gasteiger partial charge in [-0.05, 0) is 23.1 Å². The fourth-order valence-electron chi connectivity index (χ4n) is 2.66. The molecule has 2 atom stereocenters. The molecule has 1 aliphatic rings. The van der Waals surface area contributed by atoms with Gasteiger partial charge >= 0.3 is 0 Å². The zero-order chi connectivity index (χ0) is 14.1. The van der Waals surface area contributed by atoms with E-state index in [9.17, 15) is 5.11 Å². The first kappa shape index (κ1) is 13.1. The summed E-state index contributed by atoms with van der Waals surface area (Å²) < 4.78 is 0. The van der Waals surface area contributed by atoms with Gasteiger partial charge in [0.25, 0.3) is 0 Å². The molecule has 2 nitrogen and oxygen atoms in total. The lowest BCUT2D eigenvalue weighted by atomic mass is 9.86. The molecule has 1 heterocycles. The number of aliphatic hydroxyl groups excluding tert-OH is 1. The van der Waals surface area contributed by atoms with Crippen LogP contribution in [0.2, 0.25) is 0 Å². The summed E-state index contributed by atoms with van der Waals surface area (Å²) in [5.41, 5.74) is 4.21. The first-order chi connectivity index (χ1) is 9.66. The highest BCUT2D eigenvalue weighted by Gasteiger charge is 2.26. The van der Waals surface area contributed by atoms with Crippen LogP contribution in [-0.2, 0) is 0 Å². The lowest BCUT2D eigenvalue weighted by Gasteiger charge is -2.25. The minimum atomic E-state index is -0.520. The number of fused-ring (bicyclic) bond motifs is 1. The lowest BCUT2D eigenvalue weighted by Crippen LogP contribution is -2.15. The number of aliphatic hydroxyl groups is 1. The molecule has 20 heavy (non-hydrogen) atoms. The first-order valence-electron chi connectivity index (χ1n) is 7.08. The predicted octanol–water partition coefficient (Wildman–Crippen LogP) is 4.34. The van der Waals surface area contributed by atoms with Crippen molar-refractivity contribution in [2.45, 2.75) is 31.8 Å². The molecule has 2 aromatic carbocycles. The fourth-order valence-corrected chi connectivity index (χ4v) is 2.66. The maximum absolute atomic E-state index is 10.6. The Morgan fingerprint density at radius 2 is 1.70 bits per heavy atom. The predicted molar refractivity (Wildman–Crippen MR) is 82.8 cm³/mol. The van der Waals surface area contributed by atoms with Crippen LogP contribution in [0.4, 0.5) is 5.69 Å². The smallest absolute Gasteiger partial charge is 0.0929 e. The van der Waals surface area contributed by atoms with Crippen LogP contribution < -0.4 is 0 Å². The quantitative estimate of drug-likeness (QED) is 0.860. The van der Waals surface area contributed by atoms with Gasteiger partial charge in [0.2, 0.25) is 0 Å². The largest absolute Gasteiger partial charge is 0.387 e. The molecule has 0 fully saturated rings. The monoisotopic (exact) mass is 265 g/mol. The van der Waals surface area contributed by atoms with Crippen molar-refractivity contribution in [1.29, 1.82) is 0 Å². The summed E-state index contributed by atoms with van der Waals surface area (Å²) in [6, 6.07) is 16.3. The number of aliphatic imine (C=N–C) groups is 1. The van der Waals surface area contributed by atoms with Crippen LogP contribution in [0.1, 0.15) is 48.5 Å². The van der Waals surface area contributed by atoms with Crippen molar-refractivity contribution in [1.82, 2.24) is 0 Å². The molecule has 102 valence electrons. The van der Waals surface area contributed by atoms with E-state index in [0.717, 1.165) is 16.8 Å². The third-order valence-corrected chi connectivity index (χ3v) is 3.96. The van der Waals surface area contributed by atoms with Crippen LogP contribution in [-0.4, -0.2) is 11.3 Å². The topological polar surface area (TPSA) is 32.6 Å². The second-order valence-corrected chi connectivity index (χ2v) is 5.63. The van der Waals surface area contributed by atoms with Crippen LogP contribution in [0.25, 0.3) is 0 Å². The highest BCUT2D eigenvalue weighted by atomic mass is 16.3. The Morgan fingerprint density at radius 1 is 1.00 bits per heavy atom. The van der Waals surface area contributed by atoms with E-state index in [1.54, 1.807) is 0 Å². The molecule has 2 aromatic rings. The number of hydrogen-bond acceptors (Lipinski definition) is 2. The molecule has 0 saturated carbocycles. The second-order valence-electron chi connectivity index (χ2n) is 5.63. The molecule has 0 aromatic heterocycles. The van der Waals surface area contributed by atoms with Gasteiger partial charge < -0.3 is 5.11 Å². The molecule has 1 aliphatic heterocycles. The molecule has 0 saturated heterocycles. The van der Waals surface area contributed by atoms with E-state index in [2.05, 4.69) is 43.1 Å². The highest BCUT2D eigenvalue weighted by Crippen LogP contribution is 2.38. The van der Waals surface area contributed by atoms with Crippen molar-refractivity contribution in [3.8, 4) is 0 Å². The maximum Gasteiger partial charge on any atom is 0.0929 e. The van der Waals surface area contributed by atoms with Gasteiger partial charge in [-0.1, -0.05) is 56.3 Å². The molecule has 2 heteroatoms. The number of benzene rings is 2. The molecule has 0 bridgehead atoms. The summed E-state index contributed by atoms with van der Waals surface area (Å²) in [5.74, 6) is 0.459. The molecule has 0 radical (unpaired) electrons. The Morgan fingerprint density at radius 3 is 2.40 bits per heavy atom. The molecule has 1 N–H and O–H groups in total. The SMILES string of the molecule is CC(C)c1ccc(C2C=Nc3ccccc3C2O)cc1. The van der Waals surface area contributed by atoms with Crippen molar-refractivity contribution in [3.63, 3.8) is 0 Å². The summed E-state index contributed by atoms with van der Waals surface area (Å²) in [5, 5.41) is 10.6.